The van der Waals surface area contributed by atoms with Crippen LogP contribution in [0.2, 0.25) is 0 Å². The maximum atomic E-state index is 12.4. The molecule has 0 radical (unpaired) electrons. The molecule has 0 atom stereocenters. The van der Waals surface area contributed by atoms with Crippen molar-refractivity contribution in [1.82, 2.24) is 19.4 Å². The lowest BCUT2D eigenvalue weighted by Gasteiger charge is -2.59. The third-order valence-corrected chi connectivity index (χ3v) is 5.22. The molecule has 1 spiro atoms. The maximum absolute atomic E-state index is 12.4. The molecule has 5 heteroatoms. The summed E-state index contributed by atoms with van der Waals surface area (Å²) in [7, 11) is 2.15. The molecule has 23 heavy (non-hydrogen) atoms. The summed E-state index contributed by atoms with van der Waals surface area (Å²) >= 11 is 0. The van der Waals surface area contributed by atoms with Crippen molar-refractivity contribution in [3.63, 3.8) is 0 Å². The van der Waals surface area contributed by atoms with E-state index >= 15 is 0 Å². The van der Waals surface area contributed by atoms with Gasteiger partial charge in [-0.1, -0.05) is 19.1 Å². The van der Waals surface area contributed by atoms with Gasteiger partial charge in [0.05, 0.1) is 11.0 Å². The molecule has 1 amide bonds. The van der Waals surface area contributed by atoms with Crippen LogP contribution < -0.4 is 0 Å². The number of likely N-dealkylation sites (tertiary alicyclic amines) is 2. The highest BCUT2D eigenvalue weighted by atomic mass is 16.2. The number of nitrogens with zero attached hydrogens (tertiary/aromatic N) is 4. The third-order valence-electron chi connectivity index (χ3n) is 5.22. The highest BCUT2D eigenvalue weighted by molar-refractivity contribution is 5.78. The largest absolute Gasteiger partial charge is 0.341 e. The van der Waals surface area contributed by atoms with Crippen LogP contribution in [0, 0.1) is 5.41 Å². The number of carbonyl (C=O) groups is 1. The Labute approximate surface area is 136 Å². The Kier molecular flexibility index (Phi) is 3.41. The summed E-state index contributed by atoms with van der Waals surface area (Å²) in [6.07, 6.45) is 1.46. The number of rotatable bonds is 4. The van der Waals surface area contributed by atoms with Crippen molar-refractivity contribution in [2.45, 2.75) is 26.3 Å². The topological polar surface area (TPSA) is 41.4 Å². The van der Waals surface area contributed by atoms with E-state index in [9.17, 15) is 4.79 Å². The second kappa shape index (κ2) is 5.34. The van der Waals surface area contributed by atoms with Crippen molar-refractivity contribution in [3.8, 4) is 0 Å². The van der Waals surface area contributed by atoms with E-state index in [1.807, 2.05) is 23.1 Å². The van der Waals surface area contributed by atoms with Crippen LogP contribution in [0.5, 0.6) is 0 Å². The first kappa shape index (κ1) is 14.7. The summed E-state index contributed by atoms with van der Waals surface area (Å²) in [5, 5.41) is 0. The Hall–Kier alpha value is -1.88. The lowest BCUT2D eigenvalue weighted by atomic mass is 9.73. The SMILES string of the molecule is CCc1nc2ccccc2n1CCC(=O)N1CC2(CN(C)C2)C1. The zero-order valence-electron chi connectivity index (χ0n) is 14.0. The van der Waals surface area contributed by atoms with E-state index < -0.39 is 0 Å². The zero-order chi connectivity index (χ0) is 16.0. The minimum absolute atomic E-state index is 0.282. The Morgan fingerprint density at radius 1 is 1.22 bits per heavy atom. The number of hydrogen-bond acceptors (Lipinski definition) is 3. The molecular formula is C18H24N4O. The van der Waals surface area contributed by atoms with E-state index in [4.69, 9.17) is 0 Å². The van der Waals surface area contributed by atoms with Crippen molar-refractivity contribution >= 4 is 16.9 Å². The predicted molar refractivity (Wildman–Crippen MR) is 90.2 cm³/mol. The quantitative estimate of drug-likeness (QED) is 0.864. The molecule has 0 bridgehead atoms. The van der Waals surface area contributed by atoms with Crippen LogP contribution in [0.15, 0.2) is 24.3 Å². The smallest absolute Gasteiger partial charge is 0.224 e. The van der Waals surface area contributed by atoms with Gasteiger partial charge in [-0.3, -0.25) is 4.79 Å². The molecule has 2 fully saturated rings. The first-order valence-corrected chi connectivity index (χ1v) is 8.51. The fourth-order valence-electron chi connectivity index (χ4n) is 4.25. The molecular weight excluding hydrogens is 288 g/mol. The van der Waals surface area contributed by atoms with Crippen LogP contribution >= 0.6 is 0 Å². The monoisotopic (exact) mass is 312 g/mol. The zero-order valence-corrected chi connectivity index (χ0v) is 14.0. The second-order valence-electron chi connectivity index (χ2n) is 7.19. The number of amides is 1. The van der Waals surface area contributed by atoms with Gasteiger partial charge in [-0.15, -0.1) is 0 Å². The van der Waals surface area contributed by atoms with Crippen molar-refractivity contribution in [1.29, 1.82) is 0 Å². The molecule has 2 aliphatic rings. The molecule has 122 valence electrons. The molecule has 2 aliphatic heterocycles. The van der Waals surface area contributed by atoms with Crippen LogP contribution in [0.1, 0.15) is 19.2 Å². The number of imidazole rings is 1. The van der Waals surface area contributed by atoms with E-state index in [-0.39, 0.29) is 5.91 Å². The number of aromatic nitrogens is 2. The van der Waals surface area contributed by atoms with Gasteiger partial charge in [-0.25, -0.2) is 4.98 Å². The summed E-state index contributed by atoms with van der Waals surface area (Å²) < 4.78 is 2.21. The van der Waals surface area contributed by atoms with E-state index in [2.05, 4.69) is 34.5 Å². The number of para-hydroxylation sites is 2. The van der Waals surface area contributed by atoms with Gasteiger partial charge in [0.2, 0.25) is 5.91 Å². The Balaban J connectivity index is 1.40. The molecule has 3 heterocycles. The Morgan fingerprint density at radius 2 is 1.96 bits per heavy atom. The molecule has 0 unspecified atom stereocenters. The Bertz CT molecular complexity index is 737. The first-order chi connectivity index (χ1) is 11.1. The summed E-state index contributed by atoms with van der Waals surface area (Å²) in [5.74, 6) is 1.35. The fraction of sp³-hybridized carbons (Fsp3) is 0.556. The van der Waals surface area contributed by atoms with Crippen molar-refractivity contribution in [2.75, 3.05) is 33.2 Å². The van der Waals surface area contributed by atoms with Gasteiger partial charge in [0.1, 0.15) is 5.82 Å². The molecule has 1 aromatic carbocycles. The highest BCUT2D eigenvalue weighted by Gasteiger charge is 2.51. The summed E-state index contributed by atoms with van der Waals surface area (Å²) in [5.41, 5.74) is 2.58. The third kappa shape index (κ3) is 2.43. The summed E-state index contributed by atoms with van der Waals surface area (Å²) in [4.78, 5) is 21.5. The van der Waals surface area contributed by atoms with E-state index in [1.54, 1.807) is 0 Å². The summed E-state index contributed by atoms with van der Waals surface area (Å²) in [6, 6.07) is 8.18. The van der Waals surface area contributed by atoms with Gasteiger partial charge in [0, 0.05) is 51.0 Å². The van der Waals surface area contributed by atoms with Gasteiger partial charge in [-0.05, 0) is 19.2 Å². The van der Waals surface area contributed by atoms with Crippen LogP contribution in [-0.2, 0) is 17.8 Å². The lowest BCUT2D eigenvalue weighted by molar-refractivity contribution is -0.156. The van der Waals surface area contributed by atoms with E-state index in [1.165, 1.54) is 0 Å². The van der Waals surface area contributed by atoms with Crippen LogP contribution in [-0.4, -0.2) is 58.5 Å². The molecule has 2 saturated heterocycles. The molecule has 5 nitrogen and oxygen atoms in total. The van der Waals surface area contributed by atoms with Crippen molar-refractivity contribution in [3.05, 3.63) is 30.1 Å². The number of fused-ring (bicyclic) bond motifs is 1. The van der Waals surface area contributed by atoms with Crippen LogP contribution in [0.25, 0.3) is 11.0 Å². The molecule has 0 saturated carbocycles. The minimum Gasteiger partial charge on any atom is -0.341 e. The molecule has 0 aliphatic carbocycles. The Morgan fingerprint density at radius 3 is 2.65 bits per heavy atom. The van der Waals surface area contributed by atoms with Crippen LogP contribution in [0.4, 0.5) is 0 Å². The lowest BCUT2D eigenvalue weighted by Crippen LogP contribution is -2.72. The average Bonchev–Trinajstić information content (AvgIpc) is 2.84. The maximum Gasteiger partial charge on any atom is 0.224 e. The number of aryl methyl sites for hydroxylation is 2. The van der Waals surface area contributed by atoms with E-state index in [0.717, 1.165) is 56.0 Å². The molecule has 2 aromatic rings. The van der Waals surface area contributed by atoms with Gasteiger partial charge < -0.3 is 14.4 Å². The number of benzene rings is 1. The van der Waals surface area contributed by atoms with Gasteiger partial charge in [0.25, 0.3) is 0 Å². The molecule has 0 N–H and O–H groups in total. The predicted octanol–water partition coefficient (Wildman–Crippen LogP) is 1.76. The first-order valence-electron chi connectivity index (χ1n) is 8.51. The van der Waals surface area contributed by atoms with Gasteiger partial charge >= 0.3 is 0 Å². The minimum atomic E-state index is 0.282. The van der Waals surface area contributed by atoms with E-state index in [0.29, 0.717) is 11.8 Å². The normalized spacial score (nSPS) is 19.8. The van der Waals surface area contributed by atoms with Crippen LogP contribution in [0.3, 0.4) is 0 Å². The molecule has 4 rings (SSSR count). The second-order valence-corrected chi connectivity index (χ2v) is 7.19. The standard InChI is InChI=1S/C18H24N4O/c1-3-16-19-14-6-4-5-7-15(14)22(16)9-8-17(23)21-12-18(13-21)10-20(2)11-18/h4-7H,3,8-13H2,1-2H3. The van der Waals surface area contributed by atoms with Crippen molar-refractivity contribution in [2.24, 2.45) is 5.41 Å². The number of hydrogen-bond donors (Lipinski definition) is 0. The average molecular weight is 312 g/mol. The molecule has 1 aromatic heterocycles. The summed E-state index contributed by atoms with van der Waals surface area (Å²) in [6.45, 7) is 7.02. The fourth-order valence-corrected chi connectivity index (χ4v) is 4.25. The van der Waals surface area contributed by atoms with Gasteiger partial charge in [-0.2, -0.15) is 0 Å². The number of carbonyl (C=O) groups excluding carboxylic acids is 1. The van der Waals surface area contributed by atoms with Crippen molar-refractivity contribution < 1.29 is 4.79 Å². The van der Waals surface area contributed by atoms with Gasteiger partial charge in [0.15, 0.2) is 0 Å². The highest BCUT2D eigenvalue weighted by Crippen LogP contribution is 2.38.